The van der Waals surface area contributed by atoms with Crippen molar-refractivity contribution < 1.29 is 9.53 Å². The molecule has 17 heavy (non-hydrogen) atoms. The summed E-state index contributed by atoms with van der Waals surface area (Å²) >= 11 is 5.56. The Morgan fingerprint density at radius 1 is 1.47 bits per heavy atom. The number of ether oxygens (including phenoxy) is 1. The Morgan fingerprint density at radius 3 is 2.71 bits per heavy atom. The molecule has 0 aliphatic heterocycles. The van der Waals surface area contributed by atoms with Crippen LogP contribution in [-0.2, 0) is 0 Å². The molecule has 1 aromatic rings. The van der Waals surface area contributed by atoms with E-state index in [1.807, 2.05) is 45.0 Å². The molecule has 0 aliphatic rings. The lowest BCUT2D eigenvalue weighted by Gasteiger charge is -2.20. The summed E-state index contributed by atoms with van der Waals surface area (Å²) in [6.07, 6.45) is 0.963. The standard InChI is InChI=1S/C13H18ClNO2/c1-4-8-15(13(14)16)11-6-5-7-12(9-11)17-10(2)3/h5-7,9-10H,4,8H2,1-3H3. The van der Waals surface area contributed by atoms with Gasteiger partial charge in [-0.25, -0.2) is 0 Å². The Hall–Kier alpha value is -1.22. The summed E-state index contributed by atoms with van der Waals surface area (Å²) < 4.78 is 5.58. The third-order valence-electron chi connectivity index (χ3n) is 2.16. The van der Waals surface area contributed by atoms with E-state index in [0.29, 0.717) is 6.54 Å². The number of anilines is 1. The molecule has 0 aromatic heterocycles. The molecular formula is C13H18ClNO2. The van der Waals surface area contributed by atoms with Gasteiger partial charge >= 0.3 is 5.37 Å². The van der Waals surface area contributed by atoms with Crippen molar-refractivity contribution in [3.63, 3.8) is 0 Å². The first-order chi connectivity index (χ1) is 8.04. The summed E-state index contributed by atoms with van der Waals surface area (Å²) in [4.78, 5) is 12.9. The number of benzene rings is 1. The monoisotopic (exact) mass is 255 g/mol. The molecule has 4 heteroatoms. The number of hydrogen-bond acceptors (Lipinski definition) is 2. The first kappa shape index (κ1) is 13.8. The summed E-state index contributed by atoms with van der Waals surface area (Å²) in [6, 6.07) is 7.40. The van der Waals surface area contributed by atoms with Crippen molar-refractivity contribution in [2.75, 3.05) is 11.4 Å². The van der Waals surface area contributed by atoms with Gasteiger partial charge < -0.3 is 4.74 Å². The van der Waals surface area contributed by atoms with Crippen LogP contribution in [0, 0.1) is 0 Å². The van der Waals surface area contributed by atoms with Crippen LogP contribution < -0.4 is 9.64 Å². The lowest BCUT2D eigenvalue weighted by Crippen LogP contribution is -2.26. The Kier molecular flexibility index (Phi) is 5.29. The fourth-order valence-electron chi connectivity index (χ4n) is 1.54. The normalized spacial score (nSPS) is 10.4. The van der Waals surface area contributed by atoms with Crippen molar-refractivity contribution in [2.45, 2.75) is 33.3 Å². The van der Waals surface area contributed by atoms with Gasteiger partial charge in [-0.1, -0.05) is 13.0 Å². The highest BCUT2D eigenvalue weighted by atomic mass is 35.5. The van der Waals surface area contributed by atoms with Gasteiger partial charge in [-0.2, -0.15) is 0 Å². The number of nitrogens with zero attached hydrogens (tertiary/aromatic N) is 1. The maximum atomic E-state index is 11.3. The van der Waals surface area contributed by atoms with Gasteiger partial charge in [-0.15, -0.1) is 0 Å². The summed E-state index contributed by atoms with van der Waals surface area (Å²) in [5.74, 6) is 0.747. The van der Waals surface area contributed by atoms with Crippen LogP contribution >= 0.6 is 11.6 Å². The highest BCUT2D eigenvalue weighted by molar-refractivity contribution is 6.66. The van der Waals surface area contributed by atoms with Gasteiger partial charge in [-0.3, -0.25) is 9.69 Å². The first-order valence-corrected chi connectivity index (χ1v) is 6.16. The van der Waals surface area contributed by atoms with Crippen LogP contribution in [0.15, 0.2) is 24.3 Å². The molecule has 3 nitrogen and oxygen atoms in total. The second-order valence-electron chi connectivity index (χ2n) is 4.07. The molecule has 0 fully saturated rings. The Morgan fingerprint density at radius 2 is 2.18 bits per heavy atom. The number of rotatable bonds is 5. The van der Waals surface area contributed by atoms with Gasteiger partial charge in [0.2, 0.25) is 0 Å². The molecule has 0 spiro atoms. The lowest BCUT2D eigenvalue weighted by atomic mass is 10.2. The van der Waals surface area contributed by atoms with Crippen LogP contribution in [0.1, 0.15) is 27.2 Å². The van der Waals surface area contributed by atoms with E-state index in [2.05, 4.69) is 0 Å². The first-order valence-electron chi connectivity index (χ1n) is 5.78. The van der Waals surface area contributed by atoms with E-state index >= 15 is 0 Å². The van der Waals surface area contributed by atoms with Crippen LogP contribution in [0.5, 0.6) is 5.75 Å². The van der Waals surface area contributed by atoms with E-state index in [4.69, 9.17) is 16.3 Å². The van der Waals surface area contributed by atoms with Crippen molar-refractivity contribution in [1.82, 2.24) is 0 Å². The molecular weight excluding hydrogens is 238 g/mol. The number of hydrogen-bond donors (Lipinski definition) is 0. The zero-order valence-corrected chi connectivity index (χ0v) is 11.2. The second kappa shape index (κ2) is 6.50. The van der Waals surface area contributed by atoms with Gasteiger partial charge in [0, 0.05) is 18.3 Å². The van der Waals surface area contributed by atoms with Crippen LogP contribution in [0.2, 0.25) is 0 Å². The average Bonchev–Trinajstić information content (AvgIpc) is 2.24. The van der Waals surface area contributed by atoms with Crippen molar-refractivity contribution in [2.24, 2.45) is 0 Å². The topological polar surface area (TPSA) is 29.5 Å². The van der Waals surface area contributed by atoms with Crippen LogP contribution in [0.3, 0.4) is 0 Å². The van der Waals surface area contributed by atoms with E-state index in [9.17, 15) is 4.79 Å². The average molecular weight is 256 g/mol. The third-order valence-corrected chi connectivity index (χ3v) is 2.36. The molecule has 1 amide bonds. The van der Waals surface area contributed by atoms with E-state index in [0.717, 1.165) is 17.9 Å². The Labute approximate surface area is 107 Å². The van der Waals surface area contributed by atoms with E-state index in [1.54, 1.807) is 0 Å². The molecule has 0 saturated heterocycles. The predicted molar refractivity (Wildman–Crippen MR) is 71.1 cm³/mol. The molecule has 0 saturated carbocycles. The Balaban J connectivity index is 2.91. The highest BCUT2D eigenvalue weighted by Crippen LogP contribution is 2.23. The van der Waals surface area contributed by atoms with Crippen LogP contribution in [0.4, 0.5) is 10.5 Å². The van der Waals surface area contributed by atoms with Gasteiger partial charge in [0.05, 0.1) is 6.10 Å². The maximum Gasteiger partial charge on any atom is 0.320 e. The molecule has 94 valence electrons. The smallest absolute Gasteiger partial charge is 0.320 e. The quantitative estimate of drug-likeness (QED) is 0.587. The third kappa shape index (κ3) is 4.27. The molecule has 0 atom stereocenters. The maximum absolute atomic E-state index is 11.3. The predicted octanol–water partition coefficient (Wildman–Crippen LogP) is 4.05. The van der Waals surface area contributed by atoms with Crippen molar-refractivity contribution in [3.8, 4) is 5.75 Å². The molecule has 0 heterocycles. The largest absolute Gasteiger partial charge is 0.491 e. The number of carbonyl (C=O) groups excluding carboxylic acids is 1. The van der Waals surface area contributed by atoms with E-state index in [-0.39, 0.29) is 6.10 Å². The summed E-state index contributed by atoms with van der Waals surface area (Å²) in [5, 5.41) is -0.464. The number of amides is 1. The highest BCUT2D eigenvalue weighted by Gasteiger charge is 2.12. The minimum absolute atomic E-state index is 0.108. The van der Waals surface area contributed by atoms with Crippen LogP contribution in [0.25, 0.3) is 0 Å². The zero-order valence-electron chi connectivity index (χ0n) is 10.4. The van der Waals surface area contributed by atoms with E-state index in [1.165, 1.54) is 4.90 Å². The number of halogens is 1. The van der Waals surface area contributed by atoms with Gasteiger partial charge in [0.15, 0.2) is 0 Å². The zero-order chi connectivity index (χ0) is 12.8. The molecule has 0 bridgehead atoms. The van der Waals surface area contributed by atoms with E-state index < -0.39 is 5.37 Å². The second-order valence-corrected chi connectivity index (χ2v) is 4.39. The van der Waals surface area contributed by atoms with Crippen molar-refractivity contribution in [3.05, 3.63) is 24.3 Å². The van der Waals surface area contributed by atoms with Gasteiger partial charge in [0.25, 0.3) is 0 Å². The minimum atomic E-state index is -0.464. The molecule has 0 radical (unpaired) electrons. The molecule has 1 aromatic carbocycles. The summed E-state index contributed by atoms with van der Waals surface area (Å²) in [6.45, 7) is 6.53. The molecule has 0 aliphatic carbocycles. The van der Waals surface area contributed by atoms with Crippen molar-refractivity contribution in [1.29, 1.82) is 0 Å². The molecule has 0 N–H and O–H groups in total. The minimum Gasteiger partial charge on any atom is -0.491 e. The fourth-order valence-corrected chi connectivity index (χ4v) is 1.72. The summed E-state index contributed by atoms with van der Waals surface area (Å²) in [5.41, 5.74) is 0.769. The van der Waals surface area contributed by atoms with Crippen molar-refractivity contribution >= 4 is 22.7 Å². The molecule has 0 unspecified atom stereocenters. The summed E-state index contributed by atoms with van der Waals surface area (Å²) in [7, 11) is 0. The number of carbonyl (C=O) groups is 1. The van der Waals surface area contributed by atoms with Gasteiger partial charge in [0.1, 0.15) is 5.75 Å². The SMILES string of the molecule is CCCN(C(=O)Cl)c1cccc(OC(C)C)c1. The molecule has 1 rings (SSSR count). The van der Waals surface area contributed by atoms with Gasteiger partial charge in [-0.05, 0) is 44.0 Å². The van der Waals surface area contributed by atoms with Crippen LogP contribution in [-0.4, -0.2) is 18.0 Å². The fraction of sp³-hybridized carbons (Fsp3) is 0.462. The Bertz CT molecular complexity index is 379. The lowest BCUT2D eigenvalue weighted by molar-refractivity contribution is 0.242.